The van der Waals surface area contributed by atoms with Crippen LogP contribution in [0.2, 0.25) is 0 Å². The number of ether oxygens (including phenoxy) is 1. The van der Waals surface area contributed by atoms with Crippen LogP contribution in [0.5, 0.6) is 5.75 Å². The van der Waals surface area contributed by atoms with E-state index in [1.165, 1.54) is 4.90 Å². The summed E-state index contributed by atoms with van der Waals surface area (Å²) in [7, 11) is 0. The number of hydrogen-bond donors (Lipinski definition) is 0. The van der Waals surface area contributed by atoms with Crippen molar-refractivity contribution in [3.63, 3.8) is 0 Å². The fourth-order valence-corrected chi connectivity index (χ4v) is 3.59. The molecule has 0 fully saturated rings. The lowest BCUT2D eigenvalue weighted by Crippen LogP contribution is -2.44. The van der Waals surface area contributed by atoms with Gasteiger partial charge in [0.05, 0.1) is 22.7 Å². The minimum absolute atomic E-state index is 0.139. The van der Waals surface area contributed by atoms with Gasteiger partial charge in [-0.3, -0.25) is 14.5 Å². The number of carbonyl (C=O) groups excluding carboxylic acids is 2. The van der Waals surface area contributed by atoms with Crippen molar-refractivity contribution in [3.8, 4) is 11.8 Å². The lowest BCUT2D eigenvalue weighted by atomic mass is 10.0. The standard InChI is InChI=1S/C21H19BrN2O3/c1-13(2)9-16(12-27-19-8-7-15(22)10-14(19)11-23)24-20(25)17-5-3-4-6-18(17)21(24)26/h3-8,10,13,16H,9,12H2,1-2H3. The van der Waals surface area contributed by atoms with Crippen molar-refractivity contribution in [1.29, 1.82) is 5.26 Å². The highest BCUT2D eigenvalue weighted by Gasteiger charge is 2.40. The molecule has 1 aliphatic rings. The van der Waals surface area contributed by atoms with Gasteiger partial charge in [0.15, 0.2) is 0 Å². The van der Waals surface area contributed by atoms with E-state index in [1.807, 2.05) is 13.8 Å². The Bertz CT molecular complexity index is 898. The fraction of sp³-hybridized carbons (Fsp3) is 0.286. The van der Waals surface area contributed by atoms with E-state index in [2.05, 4.69) is 22.0 Å². The molecule has 0 spiro atoms. The van der Waals surface area contributed by atoms with Gasteiger partial charge in [-0.05, 0) is 42.7 Å². The Balaban J connectivity index is 1.85. The molecular formula is C21H19BrN2O3. The number of carbonyl (C=O) groups is 2. The minimum atomic E-state index is -0.410. The second kappa shape index (κ2) is 7.93. The Kier molecular flexibility index (Phi) is 5.62. The number of benzene rings is 2. The number of fused-ring (bicyclic) bond motifs is 1. The van der Waals surface area contributed by atoms with E-state index in [0.29, 0.717) is 28.9 Å². The molecule has 0 saturated heterocycles. The van der Waals surface area contributed by atoms with Crippen molar-refractivity contribution in [2.24, 2.45) is 5.92 Å². The van der Waals surface area contributed by atoms with Gasteiger partial charge >= 0.3 is 0 Å². The zero-order valence-corrected chi connectivity index (χ0v) is 16.7. The van der Waals surface area contributed by atoms with Crippen molar-refractivity contribution in [3.05, 3.63) is 63.6 Å². The number of nitriles is 1. The monoisotopic (exact) mass is 426 g/mol. The van der Waals surface area contributed by atoms with Crippen molar-refractivity contribution in [2.75, 3.05) is 6.61 Å². The van der Waals surface area contributed by atoms with Gasteiger partial charge in [0.1, 0.15) is 18.4 Å². The van der Waals surface area contributed by atoms with E-state index in [1.54, 1.807) is 42.5 Å². The third-order valence-electron chi connectivity index (χ3n) is 4.43. The quantitative estimate of drug-likeness (QED) is 0.641. The molecule has 0 radical (unpaired) electrons. The molecule has 1 heterocycles. The fourth-order valence-electron chi connectivity index (χ4n) is 3.23. The van der Waals surface area contributed by atoms with Gasteiger partial charge in [0.2, 0.25) is 0 Å². The third-order valence-corrected chi connectivity index (χ3v) is 4.92. The smallest absolute Gasteiger partial charge is 0.261 e. The van der Waals surface area contributed by atoms with E-state index in [4.69, 9.17) is 4.74 Å². The Morgan fingerprint density at radius 2 is 1.74 bits per heavy atom. The van der Waals surface area contributed by atoms with Gasteiger partial charge in [-0.2, -0.15) is 5.26 Å². The van der Waals surface area contributed by atoms with E-state index in [-0.39, 0.29) is 24.3 Å². The highest BCUT2D eigenvalue weighted by molar-refractivity contribution is 9.10. The van der Waals surface area contributed by atoms with Gasteiger partial charge in [0.25, 0.3) is 11.8 Å². The number of imide groups is 1. The molecule has 3 rings (SSSR count). The first-order valence-corrected chi connectivity index (χ1v) is 9.51. The van der Waals surface area contributed by atoms with Gasteiger partial charge in [0, 0.05) is 4.47 Å². The number of nitrogens with zero attached hydrogens (tertiary/aromatic N) is 2. The third kappa shape index (κ3) is 3.88. The van der Waals surface area contributed by atoms with Crippen LogP contribution in [0.4, 0.5) is 0 Å². The molecule has 27 heavy (non-hydrogen) atoms. The normalized spacial score (nSPS) is 14.3. The van der Waals surface area contributed by atoms with Crippen LogP contribution >= 0.6 is 15.9 Å². The molecule has 0 saturated carbocycles. The van der Waals surface area contributed by atoms with Crippen molar-refractivity contribution < 1.29 is 14.3 Å². The molecule has 1 unspecified atom stereocenters. The lowest BCUT2D eigenvalue weighted by molar-refractivity contribution is 0.0507. The molecule has 0 N–H and O–H groups in total. The summed E-state index contributed by atoms with van der Waals surface area (Å²) in [5.74, 6) is 0.122. The Morgan fingerprint density at radius 3 is 2.30 bits per heavy atom. The van der Waals surface area contributed by atoms with Crippen LogP contribution in [-0.4, -0.2) is 29.4 Å². The first-order valence-electron chi connectivity index (χ1n) is 8.71. The summed E-state index contributed by atoms with van der Waals surface area (Å²) in [5.41, 5.74) is 1.25. The molecule has 2 amide bonds. The minimum Gasteiger partial charge on any atom is -0.490 e. The summed E-state index contributed by atoms with van der Waals surface area (Å²) in [5, 5.41) is 9.30. The number of halogens is 1. The van der Waals surface area contributed by atoms with E-state index >= 15 is 0 Å². The predicted octanol–water partition coefficient (Wildman–Crippen LogP) is 4.41. The number of hydrogen-bond acceptors (Lipinski definition) is 4. The van der Waals surface area contributed by atoms with Crippen LogP contribution < -0.4 is 4.74 Å². The molecule has 0 aromatic heterocycles. The van der Waals surface area contributed by atoms with Gasteiger partial charge in [-0.25, -0.2) is 0 Å². The zero-order chi connectivity index (χ0) is 19.6. The molecule has 1 aliphatic heterocycles. The molecular weight excluding hydrogens is 408 g/mol. The highest BCUT2D eigenvalue weighted by atomic mass is 79.9. The maximum absolute atomic E-state index is 12.8. The highest BCUT2D eigenvalue weighted by Crippen LogP contribution is 2.28. The Morgan fingerprint density at radius 1 is 1.11 bits per heavy atom. The van der Waals surface area contributed by atoms with Gasteiger partial charge in [-0.15, -0.1) is 0 Å². The first-order chi connectivity index (χ1) is 12.9. The van der Waals surface area contributed by atoms with E-state index in [0.717, 1.165) is 4.47 Å². The first kappa shape index (κ1) is 19.1. The zero-order valence-electron chi connectivity index (χ0n) is 15.1. The molecule has 138 valence electrons. The topological polar surface area (TPSA) is 70.4 Å². The van der Waals surface area contributed by atoms with E-state index < -0.39 is 6.04 Å². The van der Waals surface area contributed by atoms with Gasteiger partial charge in [-0.1, -0.05) is 41.9 Å². The summed E-state index contributed by atoms with van der Waals surface area (Å²) in [4.78, 5) is 26.9. The largest absolute Gasteiger partial charge is 0.490 e. The summed E-state index contributed by atoms with van der Waals surface area (Å²) >= 11 is 3.33. The Labute approximate surface area is 166 Å². The van der Waals surface area contributed by atoms with Crippen molar-refractivity contribution >= 4 is 27.7 Å². The molecule has 0 bridgehead atoms. The van der Waals surface area contributed by atoms with Crippen molar-refractivity contribution in [2.45, 2.75) is 26.3 Å². The summed E-state index contributed by atoms with van der Waals surface area (Å²) in [6.45, 7) is 4.21. The summed E-state index contributed by atoms with van der Waals surface area (Å²) in [6.07, 6.45) is 0.615. The molecule has 2 aromatic rings. The second-order valence-electron chi connectivity index (χ2n) is 6.87. The molecule has 6 heteroatoms. The lowest BCUT2D eigenvalue weighted by Gasteiger charge is -2.27. The SMILES string of the molecule is CC(C)CC(COc1ccc(Br)cc1C#N)N1C(=O)c2ccccc2C1=O. The number of amides is 2. The average Bonchev–Trinajstić information content (AvgIpc) is 2.90. The predicted molar refractivity (Wildman–Crippen MR) is 105 cm³/mol. The van der Waals surface area contributed by atoms with Crippen LogP contribution in [0.15, 0.2) is 46.9 Å². The van der Waals surface area contributed by atoms with Crippen LogP contribution in [0.25, 0.3) is 0 Å². The van der Waals surface area contributed by atoms with Gasteiger partial charge < -0.3 is 4.74 Å². The molecule has 5 nitrogen and oxygen atoms in total. The molecule has 0 aliphatic carbocycles. The molecule has 2 aromatic carbocycles. The van der Waals surface area contributed by atoms with Crippen LogP contribution in [0.1, 0.15) is 46.5 Å². The maximum atomic E-state index is 12.8. The molecule has 1 atom stereocenters. The van der Waals surface area contributed by atoms with Crippen LogP contribution in [0, 0.1) is 17.2 Å². The summed E-state index contributed by atoms with van der Waals surface area (Å²) in [6, 6.07) is 13.7. The van der Waals surface area contributed by atoms with Crippen LogP contribution in [-0.2, 0) is 0 Å². The van der Waals surface area contributed by atoms with Crippen LogP contribution in [0.3, 0.4) is 0 Å². The van der Waals surface area contributed by atoms with E-state index in [9.17, 15) is 14.9 Å². The number of rotatable bonds is 6. The Hall–Kier alpha value is -2.65. The van der Waals surface area contributed by atoms with Crippen molar-refractivity contribution in [1.82, 2.24) is 4.90 Å². The second-order valence-corrected chi connectivity index (χ2v) is 7.79. The maximum Gasteiger partial charge on any atom is 0.261 e. The summed E-state index contributed by atoms with van der Waals surface area (Å²) < 4.78 is 6.65. The average molecular weight is 427 g/mol.